The van der Waals surface area contributed by atoms with E-state index in [1.54, 1.807) is 24.3 Å². The van der Waals surface area contributed by atoms with Crippen LogP contribution in [0.25, 0.3) is 11.3 Å². The maximum atomic E-state index is 13.9. The molecule has 0 bridgehead atoms. The van der Waals surface area contributed by atoms with Crippen LogP contribution in [0.4, 0.5) is 13.2 Å². The maximum absolute atomic E-state index is 13.9. The van der Waals surface area contributed by atoms with Gasteiger partial charge in [-0.3, -0.25) is 0 Å². The van der Waals surface area contributed by atoms with Gasteiger partial charge in [0.15, 0.2) is 23.7 Å². The van der Waals surface area contributed by atoms with Gasteiger partial charge in [0.25, 0.3) is 0 Å². The van der Waals surface area contributed by atoms with Gasteiger partial charge in [0.2, 0.25) is 0 Å². The summed E-state index contributed by atoms with van der Waals surface area (Å²) >= 11 is 6.07. The summed E-state index contributed by atoms with van der Waals surface area (Å²) < 4.78 is 61.0. The molecule has 0 aliphatic carbocycles. The number of nitrogens with zero attached hydrogens (tertiary/aromatic N) is 3. The van der Waals surface area contributed by atoms with Crippen LogP contribution in [0.1, 0.15) is 23.5 Å². The first kappa shape index (κ1) is 26.5. The van der Waals surface area contributed by atoms with Gasteiger partial charge in [-0.2, -0.15) is 0 Å². The standard InChI is InChI=1S/C29H21ClF3N3O4/c30-19-8-4-5-16(11-19)9-10-23-27(37)26(28-24(39-23)15-38-29(40-28)17-6-2-1-3-7-17)36-14-22(34-35-36)18-12-20(31)25(33)21(32)13-18/h1-8,11-14,23-24,26-29,37H,15H2/t23-,24+,26+,27-,28-,29?/m0/s1. The summed E-state index contributed by atoms with van der Waals surface area (Å²) in [6.45, 7) is 0.138. The summed E-state index contributed by atoms with van der Waals surface area (Å²) in [6, 6.07) is 17.0. The van der Waals surface area contributed by atoms with Crippen molar-refractivity contribution in [2.75, 3.05) is 6.61 Å². The highest BCUT2D eigenvalue weighted by atomic mass is 35.5. The smallest absolute Gasteiger partial charge is 0.194 e. The van der Waals surface area contributed by atoms with Crippen molar-refractivity contribution in [1.29, 1.82) is 0 Å². The average Bonchev–Trinajstić information content (AvgIpc) is 3.45. The number of fused-ring (bicyclic) bond motifs is 1. The van der Waals surface area contributed by atoms with E-state index in [4.69, 9.17) is 25.8 Å². The summed E-state index contributed by atoms with van der Waals surface area (Å²) in [7, 11) is 0. The molecule has 0 saturated carbocycles. The number of aliphatic hydroxyl groups excluding tert-OH is 1. The molecule has 4 aromatic rings. The van der Waals surface area contributed by atoms with Crippen LogP contribution < -0.4 is 0 Å². The third-order valence-corrected chi connectivity index (χ3v) is 6.96. The predicted molar refractivity (Wildman–Crippen MR) is 137 cm³/mol. The van der Waals surface area contributed by atoms with Crippen LogP contribution in [-0.2, 0) is 14.2 Å². The van der Waals surface area contributed by atoms with E-state index >= 15 is 0 Å². The summed E-state index contributed by atoms with van der Waals surface area (Å²) in [4.78, 5) is 0. The number of hydrogen-bond acceptors (Lipinski definition) is 6. The Balaban J connectivity index is 1.35. The topological polar surface area (TPSA) is 78.6 Å². The van der Waals surface area contributed by atoms with Gasteiger partial charge in [0.1, 0.15) is 36.2 Å². The van der Waals surface area contributed by atoms with Gasteiger partial charge in [0, 0.05) is 21.7 Å². The third-order valence-electron chi connectivity index (χ3n) is 6.73. The van der Waals surface area contributed by atoms with Crippen molar-refractivity contribution >= 4 is 11.6 Å². The average molecular weight is 568 g/mol. The van der Waals surface area contributed by atoms with Gasteiger partial charge >= 0.3 is 0 Å². The summed E-state index contributed by atoms with van der Waals surface area (Å²) in [5.41, 5.74) is 1.45. The molecule has 2 aliphatic rings. The highest BCUT2D eigenvalue weighted by Gasteiger charge is 2.50. The molecule has 0 radical (unpaired) electrons. The van der Waals surface area contributed by atoms with Crippen LogP contribution in [0.2, 0.25) is 5.02 Å². The number of benzene rings is 3. The van der Waals surface area contributed by atoms with Gasteiger partial charge in [-0.05, 0) is 30.3 Å². The van der Waals surface area contributed by atoms with Crippen molar-refractivity contribution in [3.05, 3.63) is 107 Å². The molecular weight excluding hydrogens is 547 g/mol. The van der Waals surface area contributed by atoms with Crippen molar-refractivity contribution < 1.29 is 32.5 Å². The lowest BCUT2D eigenvalue weighted by Crippen LogP contribution is -2.59. The summed E-state index contributed by atoms with van der Waals surface area (Å²) in [6.07, 6.45) is -2.95. The molecule has 0 amide bonds. The van der Waals surface area contributed by atoms with E-state index in [0.29, 0.717) is 10.6 Å². The van der Waals surface area contributed by atoms with Gasteiger partial charge < -0.3 is 19.3 Å². The lowest BCUT2D eigenvalue weighted by Gasteiger charge is -2.47. The fourth-order valence-electron chi connectivity index (χ4n) is 4.80. The van der Waals surface area contributed by atoms with E-state index in [9.17, 15) is 18.3 Å². The molecule has 0 spiro atoms. The van der Waals surface area contributed by atoms with Crippen molar-refractivity contribution in [1.82, 2.24) is 15.0 Å². The van der Waals surface area contributed by atoms with Crippen LogP contribution >= 0.6 is 11.6 Å². The molecule has 3 aromatic carbocycles. The normalized spacial score (nSPS) is 26.0. The number of ether oxygens (including phenoxy) is 3. The molecule has 1 aromatic heterocycles. The van der Waals surface area contributed by atoms with Crippen LogP contribution in [0, 0.1) is 29.3 Å². The minimum absolute atomic E-state index is 0.0203. The molecule has 7 nitrogen and oxygen atoms in total. The van der Waals surface area contributed by atoms with Crippen LogP contribution in [0.3, 0.4) is 0 Å². The van der Waals surface area contributed by atoms with E-state index in [-0.39, 0.29) is 17.9 Å². The molecule has 3 heterocycles. The van der Waals surface area contributed by atoms with Crippen molar-refractivity contribution in [2.24, 2.45) is 0 Å². The number of aromatic nitrogens is 3. The van der Waals surface area contributed by atoms with Gasteiger partial charge in [-0.1, -0.05) is 65.1 Å². The number of halogens is 4. The fourth-order valence-corrected chi connectivity index (χ4v) is 4.99. The molecule has 2 aliphatic heterocycles. The second-order valence-corrected chi connectivity index (χ2v) is 9.81. The Labute approximate surface area is 232 Å². The van der Waals surface area contributed by atoms with E-state index < -0.39 is 54.2 Å². The van der Waals surface area contributed by atoms with Gasteiger partial charge in [0.05, 0.1) is 12.8 Å². The Morgan fingerprint density at radius 2 is 1.75 bits per heavy atom. The molecule has 2 saturated heterocycles. The first-order valence-corrected chi connectivity index (χ1v) is 12.7. The first-order valence-electron chi connectivity index (χ1n) is 12.4. The zero-order valence-electron chi connectivity index (χ0n) is 20.6. The van der Waals surface area contributed by atoms with Crippen LogP contribution in [0.5, 0.6) is 0 Å². The SMILES string of the molecule is O[C@@H]1[C@@H](n2cc(-c3cc(F)c(F)c(F)c3)nn2)[C@H]2OC(c3ccccc3)OC[C@H]2O[C@H]1C#Cc1cccc(Cl)c1. The molecule has 40 heavy (non-hydrogen) atoms. The van der Waals surface area contributed by atoms with E-state index in [2.05, 4.69) is 22.2 Å². The molecule has 11 heteroatoms. The monoisotopic (exact) mass is 567 g/mol. The summed E-state index contributed by atoms with van der Waals surface area (Å²) in [5.74, 6) is 1.63. The highest BCUT2D eigenvalue weighted by Crippen LogP contribution is 2.39. The molecule has 1 N–H and O–H groups in total. The van der Waals surface area contributed by atoms with Gasteiger partial charge in [-0.15, -0.1) is 5.10 Å². The Morgan fingerprint density at radius 1 is 0.975 bits per heavy atom. The summed E-state index contributed by atoms with van der Waals surface area (Å²) in [5, 5.41) is 20.1. The van der Waals surface area contributed by atoms with E-state index in [0.717, 1.165) is 17.7 Å². The van der Waals surface area contributed by atoms with Crippen LogP contribution in [-0.4, -0.2) is 51.1 Å². The van der Waals surface area contributed by atoms with E-state index in [1.807, 2.05) is 30.3 Å². The minimum atomic E-state index is -1.58. The molecule has 1 unspecified atom stereocenters. The molecule has 2 fully saturated rings. The van der Waals surface area contributed by atoms with Crippen molar-refractivity contribution in [2.45, 2.75) is 36.7 Å². The van der Waals surface area contributed by atoms with E-state index in [1.165, 1.54) is 10.9 Å². The lowest BCUT2D eigenvalue weighted by molar-refractivity contribution is -0.310. The van der Waals surface area contributed by atoms with Crippen molar-refractivity contribution in [3.63, 3.8) is 0 Å². The quantitative estimate of drug-likeness (QED) is 0.282. The second-order valence-electron chi connectivity index (χ2n) is 9.37. The second kappa shape index (κ2) is 11.0. The predicted octanol–water partition coefficient (Wildman–Crippen LogP) is 4.85. The zero-order chi connectivity index (χ0) is 27.8. The number of aliphatic hydroxyl groups is 1. The largest absolute Gasteiger partial charge is 0.387 e. The minimum Gasteiger partial charge on any atom is -0.387 e. The Morgan fingerprint density at radius 3 is 2.50 bits per heavy atom. The highest BCUT2D eigenvalue weighted by molar-refractivity contribution is 6.30. The Bertz CT molecular complexity index is 1570. The van der Waals surface area contributed by atoms with Crippen molar-refractivity contribution in [3.8, 4) is 23.1 Å². The fraction of sp³-hybridized carbons (Fsp3) is 0.241. The molecule has 204 valence electrons. The maximum Gasteiger partial charge on any atom is 0.194 e. The number of hydrogen-bond donors (Lipinski definition) is 1. The zero-order valence-corrected chi connectivity index (χ0v) is 21.4. The Hall–Kier alpha value is -3.72. The molecule has 6 atom stereocenters. The third kappa shape index (κ3) is 5.22. The molecule has 6 rings (SSSR count). The Kier molecular flexibility index (Phi) is 7.31. The lowest BCUT2D eigenvalue weighted by atomic mass is 9.91. The number of rotatable bonds is 3. The van der Waals surface area contributed by atoms with Gasteiger partial charge in [-0.25, -0.2) is 17.9 Å². The van der Waals surface area contributed by atoms with Crippen LogP contribution in [0.15, 0.2) is 72.9 Å². The first-order chi connectivity index (χ1) is 19.4. The molecular formula is C29H21ClF3N3O4.